The Bertz CT molecular complexity index is 1020. The fourth-order valence-corrected chi connectivity index (χ4v) is 4.24. The number of benzene rings is 2. The largest absolute Gasteiger partial charge is 0.457 e. The van der Waals surface area contributed by atoms with E-state index in [4.69, 9.17) is 4.74 Å². The molecular formula is C25H25NO3. The molecule has 2 aromatic carbocycles. The van der Waals surface area contributed by atoms with Gasteiger partial charge in [-0.3, -0.25) is 4.79 Å². The number of carbonyl (C=O) groups excluding carboxylic acids is 2. The minimum Gasteiger partial charge on any atom is -0.457 e. The fourth-order valence-electron chi connectivity index (χ4n) is 4.24. The van der Waals surface area contributed by atoms with E-state index in [1.807, 2.05) is 62.4 Å². The Morgan fingerprint density at radius 2 is 1.86 bits per heavy atom. The Hall–Kier alpha value is -3.14. The van der Waals surface area contributed by atoms with Gasteiger partial charge in [-0.05, 0) is 37.8 Å². The minimum absolute atomic E-state index is 0.117. The molecule has 1 atom stereocenters. The monoisotopic (exact) mass is 387 g/mol. The van der Waals surface area contributed by atoms with E-state index in [1.165, 1.54) is 0 Å². The van der Waals surface area contributed by atoms with Gasteiger partial charge in [-0.25, -0.2) is 4.79 Å². The third-order valence-electron chi connectivity index (χ3n) is 5.58. The van der Waals surface area contributed by atoms with Crippen molar-refractivity contribution < 1.29 is 14.3 Å². The van der Waals surface area contributed by atoms with Crippen molar-refractivity contribution in [2.24, 2.45) is 0 Å². The number of ketones is 1. The van der Waals surface area contributed by atoms with Crippen LogP contribution >= 0.6 is 0 Å². The van der Waals surface area contributed by atoms with Crippen molar-refractivity contribution in [3.05, 3.63) is 93.8 Å². The normalized spacial score (nSPS) is 19.0. The first-order valence-electron chi connectivity index (χ1n) is 10.1. The van der Waals surface area contributed by atoms with Gasteiger partial charge in [-0.15, -0.1) is 0 Å². The maximum absolute atomic E-state index is 13.2. The van der Waals surface area contributed by atoms with Crippen molar-refractivity contribution in [1.29, 1.82) is 0 Å². The van der Waals surface area contributed by atoms with Crippen LogP contribution in [0.4, 0.5) is 0 Å². The van der Waals surface area contributed by atoms with E-state index in [0.29, 0.717) is 12.0 Å². The number of ether oxygens (including phenoxy) is 1. The molecule has 4 nitrogen and oxygen atoms in total. The summed E-state index contributed by atoms with van der Waals surface area (Å²) in [5.74, 6) is -0.649. The lowest BCUT2D eigenvalue weighted by Crippen LogP contribution is -2.34. The van der Waals surface area contributed by atoms with E-state index < -0.39 is 0 Å². The number of hydrogen-bond acceptors (Lipinski definition) is 4. The van der Waals surface area contributed by atoms with Gasteiger partial charge in [0.05, 0.1) is 5.57 Å². The molecule has 148 valence electrons. The second-order valence-corrected chi connectivity index (χ2v) is 7.74. The third-order valence-corrected chi connectivity index (χ3v) is 5.58. The number of allylic oxidation sites excluding steroid dienone is 3. The maximum Gasteiger partial charge on any atom is 0.337 e. The molecule has 0 saturated heterocycles. The molecular weight excluding hydrogens is 362 g/mol. The molecule has 0 radical (unpaired) electrons. The first kappa shape index (κ1) is 19.2. The number of carbonyl (C=O) groups is 2. The highest BCUT2D eigenvalue weighted by molar-refractivity contribution is 6.03. The summed E-state index contributed by atoms with van der Waals surface area (Å²) < 4.78 is 5.66. The summed E-state index contributed by atoms with van der Waals surface area (Å²) in [5, 5.41) is 3.33. The van der Waals surface area contributed by atoms with Gasteiger partial charge in [0.15, 0.2) is 5.78 Å². The molecule has 0 saturated carbocycles. The molecule has 1 heterocycles. The van der Waals surface area contributed by atoms with Crippen molar-refractivity contribution in [3.63, 3.8) is 0 Å². The van der Waals surface area contributed by atoms with Crippen molar-refractivity contribution in [2.45, 2.75) is 45.6 Å². The molecule has 4 rings (SSSR count). The minimum atomic E-state index is -0.387. The molecule has 0 amide bonds. The number of hydrogen-bond donors (Lipinski definition) is 1. The van der Waals surface area contributed by atoms with Gasteiger partial charge in [0, 0.05) is 29.3 Å². The van der Waals surface area contributed by atoms with Crippen molar-refractivity contribution in [1.82, 2.24) is 5.32 Å². The molecule has 2 aromatic rings. The second-order valence-electron chi connectivity index (χ2n) is 7.74. The number of rotatable bonds is 4. The molecule has 4 heteroatoms. The van der Waals surface area contributed by atoms with Gasteiger partial charge < -0.3 is 10.1 Å². The molecule has 0 unspecified atom stereocenters. The average Bonchev–Trinajstić information content (AvgIpc) is 2.72. The van der Waals surface area contributed by atoms with Crippen LogP contribution in [0.5, 0.6) is 0 Å². The quantitative estimate of drug-likeness (QED) is 0.772. The highest BCUT2D eigenvalue weighted by atomic mass is 16.5. The third kappa shape index (κ3) is 3.88. The molecule has 1 N–H and O–H groups in total. The Kier molecular flexibility index (Phi) is 5.34. The van der Waals surface area contributed by atoms with Crippen molar-refractivity contribution in [3.8, 4) is 0 Å². The summed E-state index contributed by atoms with van der Waals surface area (Å²) in [6.45, 7) is 4.12. The van der Waals surface area contributed by atoms with Gasteiger partial charge in [0.25, 0.3) is 0 Å². The van der Waals surface area contributed by atoms with E-state index in [0.717, 1.165) is 46.5 Å². The van der Waals surface area contributed by atoms with Gasteiger partial charge in [0.1, 0.15) is 6.61 Å². The molecule has 29 heavy (non-hydrogen) atoms. The van der Waals surface area contributed by atoms with Crippen LogP contribution in [0.25, 0.3) is 0 Å². The Balaban J connectivity index is 1.72. The number of dihydropyridines is 1. The average molecular weight is 387 g/mol. The lowest BCUT2D eigenvalue weighted by Gasteiger charge is -2.34. The number of esters is 1. The fraction of sp³-hybridized carbons (Fsp3) is 0.280. The van der Waals surface area contributed by atoms with E-state index in [1.54, 1.807) is 0 Å². The van der Waals surface area contributed by atoms with Crippen LogP contribution in [-0.2, 0) is 20.9 Å². The van der Waals surface area contributed by atoms with Crippen LogP contribution < -0.4 is 5.32 Å². The maximum atomic E-state index is 13.2. The van der Waals surface area contributed by atoms with Gasteiger partial charge in [-0.1, -0.05) is 60.2 Å². The first-order chi connectivity index (χ1) is 14.0. The van der Waals surface area contributed by atoms with Crippen LogP contribution in [-0.4, -0.2) is 11.8 Å². The van der Waals surface area contributed by atoms with E-state index in [-0.39, 0.29) is 24.3 Å². The smallest absolute Gasteiger partial charge is 0.337 e. The van der Waals surface area contributed by atoms with Crippen molar-refractivity contribution in [2.75, 3.05) is 0 Å². The molecule has 1 aliphatic heterocycles. The lowest BCUT2D eigenvalue weighted by molar-refractivity contribution is -0.140. The SMILES string of the molecule is CC1=C(C(=O)OCc2ccccc2)[C@@H](c2cccc(C)c2)C2=C(CCCC2=O)N1. The Morgan fingerprint density at radius 3 is 2.62 bits per heavy atom. The highest BCUT2D eigenvalue weighted by Crippen LogP contribution is 2.42. The summed E-state index contributed by atoms with van der Waals surface area (Å²) in [7, 11) is 0. The summed E-state index contributed by atoms with van der Waals surface area (Å²) in [6, 6.07) is 17.7. The molecule has 0 bridgehead atoms. The van der Waals surface area contributed by atoms with Gasteiger partial charge >= 0.3 is 5.97 Å². The number of Topliss-reactive ketones (excluding diaryl/α,β-unsaturated/α-hetero) is 1. The van der Waals surface area contributed by atoms with Crippen molar-refractivity contribution >= 4 is 11.8 Å². The zero-order valence-electron chi connectivity index (χ0n) is 16.8. The van der Waals surface area contributed by atoms with Crippen LogP contribution in [0.2, 0.25) is 0 Å². The summed E-state index contributed by atoms with van der Waals surface area (Å²) in [6.07, 6.45) is 2.19. The Labute approximate surface area is 171 Å². The number of nitrogens with one attached hydrogen (secondary N) is 1. The second kappa shape index (κ2) is 8.08. The lowest BCUT2D eigenvalue weighted by atomic mass is 9.75. The molecule has 2 aliphatic rings. The van der Waals surface area contributed by atoms with Gasteiger partial charge in [0.2, 0.25) is 0 Å². The van der Waals surface area contributed by atoms with Crippen LogP contribution in [0.15, 0.2) is 77.1 Å². The van der Waals surface area contributed by atoms with Crippen LogP contribution in [0.1, 0.15) is 48.8 Å². The topological polar surface area (TPSA) is 55.4 Å². The highest BCUT2D eigenvalue weighted by Gasteiger charge is 2.39. The predicted octanol–water partition coefficient (Wildman–Crippen LogP) is 4.71. The molecule has 0 aromatic heterocycles. The van der Waals surface area contributed by atoms with E-state index >= 15 is 0 Å². The van der Waals surface area contributed by atoms with Crippen LogP contribution in [0, 0.1) is 6.92 Å². The van der Waals surface area contributed by atoms with E-state index in [2.05, 4.69) is 11.4 Å². The number of aryl methyl sites for hydroxylation is 1. The van der Waals surface area contributed by atoms with Crippen LogP contribution in [0.3, 0.4) is 0 Å². The van der Waals surface area contributed by atoms with Gasteiger partial charge in [-0.2, -0.15) is 0 Å². The zero-order valence-corrected chi connectivity index (χ0v) is 16.8. The zero-order chi connectivity index (χ0) is 20.4. The predicted molar refractivity (Wildman–Crippen MR) is 112 cm³/mol. The molecule has 0 fully saturated rings. The first-order valence-corrected chi connectivity index (χ1v) is 10.1. The van der Waals surface area contributed by atoms with E-state index in [9.17, 15) is 9.59 Å². The summed E-state index contributed by atoms with van der Waals surface area (Å²) in [5.41, 5.74) is 5.96. The standard InChI is InChI=1S/C25H25NO3/c1-16-8-6-11-19(14-16)23-22(25(28)29-15-18-9-4-3-5-10-18)17(2)26-20-12-7-13-21(27)24(20)23/h3-6,8-11,14,23,26H,7,12-13,15H2,1-2H3/t23-/m1/s1. The summed E-state index contributed by atoms with van der Waals surface area (Å²) in [4.78, 5) is 26.1. The Morgan fingerprint density at radius 1 is 1.07 bits per heavy atom. The molecule has 0 spiro atoms. The summed E-state index contributed by atoms with van der Waals surface area (Å²) >= 11 is 0. The molecule has 1 aliphatic carbocycles.